The lowest BCUT2D eigenvalue weighted by molar-refractivity contribution is -0.123. The Morgan fingerprint density at radius 2 is 1.76 bits per heavy atom. The fourth-order valence-electron chi connectivity index (χ4n) is 3.09. The first-order valence-corrected chi connectivity index (χ1v) is 10.5. The zero-order valence-corrected chi connectivity index (χ0v) is 18.6. The Hall–Kier alpha value is -4.13. The summed E-state index contributed by atoms with van der Waals surface area (Å²) in [6.07, 6.45) is 2.40. The summed E-state index contributed by atoms with van der Waals surface area (Å²) < 4.78 is 11.4. The van der Waals surface area contributed by atoms with Gasteiger partial charge in [0.15, 0.2) is 6.61 Å². The molecule has 0 heterocycles. The highest BCUT2D eigenvalue weighted by Gasteiger charge is 2.06. The molecule has 0 radical (unpaired) electrons. The van der Waals surface area contributed by atoms with Gasteiger partial charge in [-0.3, -0.25) is 4.79 Å². The Bertz CT molecular complexity index is 1140. The van der Waals surface area contributed by atoms with Crippen LogP contribution in [0.25, 0.3) is 0 Å². The lowest BCUT2D eigenvalue weighted by Gasteiger charge is -2.09. The van der Waals surface area contributed by atoms with Gasteiger partial charge in [0.2, 0.25) is 0 Å². The van der Waals surface area contributed by atoms with Gasteiger partial charge in [0, 0.05) is 5.56 Å². The van der Waals surface area contributed by atoms with Crippen LogP contribution < -0.4 is 14.9 Å². The number of carbonyl (C=O) groups excluding carboxylic acids is 1. The number of carboxylic acids is 1. The van der Waals surface area contributed by atoms with E-state index in [1.54, 1.807) is 18.2 Å². The molecule has 0 atom stereocenters. The van der Waals surface area contributed by atoms with Crippen molar-refractivity contribution in [1.29, 1.82) is 0 Å². The molecule has 0 spiro atoms. The number of hydrogen-bond donors (Lipinski definition) is 2. The molecule has 1 amide bonds. The summed E-state index contributed by atoms with van der Waals surface area (Å²) in [4.78, 5) is 23.0. The van der Waals surface area contributed by atoms with Crippen molar-refractivity contribution in [2.45, 2.75) is 26.9 Å². The third-order valence-corrected chi connectivity index (χ3v) is 4.80. The minimum atomic E-state index is -0.971. The topological polar surface area (TPSA) is 97.2 Å². The Labute approximate surface area is 192 Å². The van der Waals surface area contributed by atoms with Crippen molar-refractivity contribution in [3.8, 4) is 11.5 Å². The quantitative estimate of drug-likeness (QED) is 0.356. The second-order valence-corrected chi connectivity index (χ2v) is 7.42. The molecule has 0 aliphatic heterocycles. The molecule has 2 N–H and O–H groups in total. The first kappa shape index (κ1) is 23.5. The molecular formula is C26H26N2O5. The number of aromatic carboxylic acids is 1. The van der Waals surface area contributed by atoms with Gasteiger partial charge in [0.1, 0.15) is 18.1 Å². The normalized spacial score (nSPS) is 10.7. The predicted molar refractivity (Wildman–Crippen MR) is 126 cm³/mol. The van der Waals surface area contributed by atoms with Gasteiger partial charge < -0.3 is 14.6 Å². The van der Waals surface area contributed by atoms with Crippen LogP contribution in [0.15, 0.2) is 71.8 Å². The van der Waals surface area contributed by atoms with Crippen LogP contribution in [0.3, 0.4) is 0 Å². The molecule has 0 saturated heterocycles. The van der Waals surface area contributed by atoms with E-state index in [0.29, 0.717) is 17.1 Å². The van der Waals surface area contributed by atoms with Crippen molar-refractivity contribution >= 4 is 18.1 Å². The van der Waals surface area contributed by atoms with E-state index < -0.39 is 5.97 Å². The number of amides is 1. The highest BCUT2D eigenvalue weighted by atomic mass is 16.5. The summed E-state index contributed by atoms with van der Waals surface area (Å²) in [5.74, 6) is -0.106. The molecule has 0 aliphatic rings. The van der Waals surface area contributed by atoms with Crippen LogP contribution in [0.5, 0.6) is 11.5 Å². The van der Waals surface area contributed by atoms with Gasteiger partial charge in [0.05, 0.1) is 11.8 Å². The third-order valence-electron chi connectivity index (χ3n) is 4.80. The molecule has 33 heavy (non-hydrogen) atoms. The van der Waals surface area contributed by atoms with Crippen LogP contribution >= 0.6 is 0 Å². The van der Waals surface area contributed by atoms with Gasteiger partial charge in [-0.15, -0.1) is 0 Å². The van der Waals surface area contributed by atoms with Crippen LogP contribution in [0.2, 0.25) is 0 Å². The number of rotatable bonds is 10. The monoisotopic (exact) mass is 446 g/mol. The first-order chi connectivity index (χ1) is 15.9. The smallest absolute Gasteiger partial charge is 0.335 e. The molecule has 3 rings (SSSR count). The number of carboxylic acid groups (broad SMARTS) is 1. The molecular weight excluding hydrogens is 420 g/mol. The largest absolute Gasteiger partial charge is 0.488 e. The fourth-order valence-corrected chi connectivity index (χ4v) is 3.09. The summed E-state index contributed by atoms with van der Waals surface area (Å²) in [5.41, 5.74) is 6.43. The second-order valence-electron chi connectivity index (χ2n) is 7.42. The maximum atomic E-state index is 12.1. The standard InChI is InChI=1S/C26H26N2O5/c1-3-19-12-18(2)13-23(14-19)32-17-25(29)28-27-15-22-6-4-5-7-24(22)33-16-20-8-10-21(11-9-20)26(30)31/h4-15H,3,16-17H2,1-2H3,(H,28,29)(H,30,31)/b27-15+. The number of nitrogens with zero attached hydrogens (tertiary/aromatic N) is 1. The molecule has 7 nitrogen and oxygen atoms in total. The van der Waals surface area contributed by atoms with Crippen LogP contribution in [0, 0.1) is 6.92 Å². The number of hydrazone groups is 1. The minimum Gasteiger partial charge on any atom is -0.488 e. The van der Waals surface area contributed by atoms with Crippen molar-refractivity contribution in [3.63, 3.8) is 0 Å². The SMILES string of the molecule is CCc1cc(C)cc(OCC(=O)N/N=C/c2ccccc2OCc2ccc(C(=O)O)cc2)c1. The van der Waals surface area contributed by atoms with E-state index >= 15 is 0 Å². The van der Waals surface area contributed by atoms with Crippen LogP contribution in [0.4, 0.5) is 0 Å². The van der Waals surface area contributed by atoms with E-state index in [1.165, 1.54) is 18.3 Å². The second kappa shape index (κ2) is 11.5. The average molecular weight is 447 g/mol. The zero-order valence-electron chi connectivity index (χ0n) is 18.6. The van der Waals surface area contributed by atoms with E-state index in [9.17, 15) is 9.59 Å². The molecule has 3 aromatic carbocycles. The van der Waals surface area contributed by atoms with Gasteiger partial charge in [-0.25, -0.2) is 10.2 Å². The number of aryl methyl sites for hydroxylation is 2. The summed E-state index contributed by atoms with van der Waals surface area (Å²) in [6, 6.07) is 19.7. The number of benzene rings is 3. The molecule has 170 valence electrons. The lowest BCUT2D eigenvalue weighted by Crippen LogP contribution is -2.24. The summed E-state index contributed by atoms with van der Waals surface area (Å²) >= 11 is 0. The summed E-state index contributed by atoms with van der Waals surface area (Å²) in [5, 5.41) is 13.0. The van der Waals surface area contributed by atoms with Crippen LogP contribution in [0.1, 0.15) is 39.5 Å². The van der Waals surface area contributed by atoms with Crippen molar-refractivity contribution in [3.05, 3.63) is 94.5 Å². The number of ether oxygens (including phenoxy) is 2. The van der Waals surface area contributed by atoms with Crippen molar-refractivity contribution in [1.82, 2.24) is 5.43 Å². The van der Waals surface area contributed by atoms with Gasteiger partial charge >= 0.3 is 5.97 Å². The van der Waals surface area contributed by atoms with Gasteiger partial charge in [-0.1, -0.05) is 37.3 Å². The van der Waals surface area contributed by atoms with Crippen LogP contribution in [-0.4, -0.2) is 29.8 Å². The van der Waals surface area contributed by atoms with Crippen molar-refractivity contribution < 1.29 is 24.2 Å². The maximum absolute atomic E-state index is 12.1. The predicted octanol–water partition coefficient (Wildman–Crippen LogP) is 4.36. The molecule has 0 bridgehead atoms. The molecule has 0 aromatic heterocycles. The molecule has 0 aliphatic carbocycles. The lowest BCUT2D eigenvalue weighted by atomic mass is 10.1. The summed E-state index contributed by atoms with van der Waals surface area (Å²) in [6.45, 7) is 4.17. The van der Waals surface area contributed by atoms with E-state index in [-0.39, 0.29) is 24.7 Å². The van der Waals surface area contributed by atoms with E-state index in [2.05, 4.69) is 23.5 Å². The van der Waals surface area contributed by atoms with Gasteiger partial charge in [0.25, 0.3) is 5.91 Å². The number of carbonyl (C=O) groups is 2. The minimum absolute atomic E-state index is 0.144. The molecule has 3 aromatic rings. The Morgan fingerprint density at radius 3 is 2.48 bits per heavy atom. The first-order valence-electron chi connectivity index (χ1n) is 10.5. The van der Waals surface area contributed by atoms with E-state index in [4.69, 9.17) is 14.6 Å². The Balaban J connectivity index is 1.53. The number of para-hydroxylation sites is 1. The third kappa shape index (κ3) is 7.21. The van der Waals surface area contributed by atoms with Gasteiger partial charge in [-0.2, -0.15) is 5.10 Å². The maximum Gasteiger partial charge on any atom is 0.335 e. The highest BCUT2D eigenvalue weighted by molar-refractivity contribution is 5.87. The molecule has 0 saturated carbocycles. The molecule has 0 unspecified atom stereocenters. The number of hydrogen-bond acceptors (Lipinski definition) is 5. The summed E-state index contributed by atoms with van der Waals surface area (Å²) in [7, 11) is 0. The Morgan fingerprint density at radius 1 is 1.00 bits per heavy atom. The van der Waals surface area contributed by atoms with Crippen molar-refractivity contribution in [2.24, 2.45) is 5.10 Å². The van der Waals surface area contributed by atoms with Crippen molar-refractivity contribution in [2.75, 3.05) is 6.61 Å². The zero-order chi connectivity index (χ0) is 23.6. The number of nitrogens with one attached hydrogen (secondary N) is 1. The molecule has 0 fully saturated rings. The highest BCUT2D eigenvalue weighted by Crippen LogP contribution is 2.19. The van der Waals surface area contributed by atoms with E-state index in [1.807, 2.05) is 37.3 Å². The van der Waals surface area contributed by atoms with Gasteiger partial charge in [-0.05, 0) is 66.4 Å². The average Bonchev–Trinajstić information content (AvgIpc) is 2.82. The Kier molecular flexibility index (Phi) is 8.18. The fraction of sp³-hybridized carbons (Fsp3) is 0.192. The van der Waals surface area contributed by atoms with Crippen LogP contribution in [-0.2, 0) is 17.8 Å². The van der Waals surface area contributed by atoms with E-state index in [0.717, 1.165) is 23.1 Å². The molecule has 7 heteroatoms.